The van der Waals surface area contributed by atoms with Crippen molar-refractivity contribution in [1.29, 1.82) is 0 Å². The Bertz CT molecular complexity index is 529. The van der Waals surface area contributed by atoms with Crippen molar-refractivity contribution < 1.29 is 9.13 Å². The van der Waals surface area contributed by atoms with E-state index in [0.29, 0.717) is 17.0 Å². The number of halogens is 1. The summed E-state index contributed by atoms with van der Waals surface area (Å²) in [5, 5.41) is 0. The maximum atomic E-state index is 13.7. The number of aromatic nitrogens is 1. The lowest BCUT2D eigenvalue weighted by atomic mass is 10.2. The molecule has 0 saturated carbocycles. The number of rotatable bonds is 3. The third-order valence-electron chi connectivity index (χ3n) is 2.44. The Labute approximate surface area is 99.1 Å². The van der Waals surface area contributed by atoms with Gasteiger partial charge in [-0.1, -0.05) is 12.1 Å². The normalized spacial score (nSPS) is 10.3. The van der Waals surface area contributed by atoms with Gasteiger partial charge in [0.1, 0.15) is 5.75 Å². The molecular weight excluding hydrogens is 219 g/mol. The first kappa shape index (κ1) is 11.5. The summed E-state index contributed by atoms with van der Waals surface area (Å²) in [6.45, 7) is 2.03. The lowest BCUT2D eigenvalue weighted by molar-refractivity contribution is 0.431. The van der Waals surface area contributed by atoms with E-state index in [0.717, 1.165) is 0 Å². The summed E-state index contributed by atoms with van der Waals surface area (Å²) in [4.78, 5) is 4.08. The highest BCUT2D eigenvalue weighted by molar-refractivity contribution is 5.39. The predicted octanol–water partition coefficient (Wildman–Crippen LogP) is 2.78. The van der Waals surface area contributed by atoms with E-state index < -0.39 is 5.82 Å². The SMILES string of the molecule is Cc1ncccc1Oc1c(F)cccc1CN. The first-order valence-electron chi connectivity index (χ1n) is 5.29. The second-order valence-corrected chi connectivity index (χ2v) is 3.62. The number of aryl methyl sites for hydroxylation is 1. The van der Waals surface area contributed by atoms with Gasteiger partial charge in [-0.2, -0.15) is 0 Å². The second-order valence-electron chi connectivity index (χ2n) is 3.62. The van der Waals surface area contributed by atoms with Gasteiger partial charge in [-0.3, -0.25) is 4.98 Å². The molecular formula is C13H13FN2O. The lowest BCUT2D eigenvalue weighted by Gasteiger charge is -2.11. The molecule has 3 nitrogen and oxygen atoms in total. The van der Waals surface area contributed by atoms with E-state index in [2.05, 4.69) is 4.98 Å². The first-order valence-corrected chi connectivity index (χ1v) is 5.29. The number of nitrogens with zero attached hydrogens (tertiary/aromatic N) is 1. The molecule has 1 aromatic heterocycles. The molecule has 0 amide bonds. The molecule has 1 aromatic carbocycles. The Balaban J connectivity index is 2.39. The zero-order valence-electron chi connectivity index (χ0n) is 9.48. The molecule has 0 radical (unpaired) electrons. The van der Waals surface area contributed by atoms with Crippen LogP contribution in [0.15, 0.2) is 36.5 Å². The molecule has 0 spiro atoms. The number of benzene rings is 1. The third kappa shape index (κ3) is 2.42. The Morgan fingerprint density at radius 3 is 2.82 bits per heavy atom. The maximum absolute atomic E-state index is 13.7. The topological polar surface area (TPSA) is 48.1 Å². The number of nitrogens with two attached hydrogens (primary N) is 1. The van der Waals surface area contributed by atoms with Crippen molar-refractivity contribution in [3.63, 3.8) is 0 Å². The third-order valence-corrected chi connectivity index (χ3v) is 2.44. The average Bonchev–Trinajstić information content (AvgIpc) is 2.34. The molecule has 17 heavy (non-hydrogen) atoms. The number of ether oxygens (including phenoxy) is 1. The largest absolute Gasteiger partial charge is 0.452 e. The van der Waals surface area contributed by atoms with Crippen LogP contribution >= 0.6 is 0 Å². The summed E-state index contributed by atoms with van der Waals surface area (Å²) in [7, 11) is 0. The fourth-order valence-corrected chi connectivity index (χ4v) is 1.52. The van der Waals surface area contributed by atoms with Crippen LogP contribution in [0.3, 0.4) is 0 Å². The molecule has 1 heterocycles. The number of hydrogen-bond donors (Lipinski definition) is 1. The van der Waals surface area contributed by atoms with Gasteiger partial charge in [-0.15, -0.1) is 0 Å². The van der Waals surface area contributed by atoms with E-state index >= 15 is 0 Å². The number of pyridine rings is 1. The van der Waals surface area contributed by atoms with Crippen LogP contribution < -0.4 is 10.5 Å². The summed E-state index contributed by atoms with van der Waals surface area (Å²) in [5.74, 6) is 0.287. The predicted molar refractivity (Wildman–Crippen MR) is 63.3 cm³/mol. The molecule has 2 N–H and O–H groups in total. The van der Waals surface area contributed by atoms with Gasteiger partial charge in [-0.25, -0.2) is 4.39 Å². The molecule has 2 rings (SSSR count). The molecule has 0 bridgehead atoms. The van der Waals surface area contributed by atoms with Crippen LogP contribution in [0, 0.1) is 12.7 Å². The van der Waals surface area contributed by atoms with E-state index in [9.17, 15) is 4.39 Å². The van der Waals surface area contributed by atoms with Gasteiger partial charge < -0.3 is 10.5 Å². The highest BCUT2D eigenvalue weighted by atomic mass is 19.1. The molecule has 0 aliphatic rings. The maximum Gasteiger partial charge on any atom is 0.167 e. The van der Waals surface area contributed by atoms with Crippen molar-refractivity contribution in [2.45, 2.75) is 13.5 Å². The summed E-state index contributed by atoms with van der Waals surface area (Å²) < 4.78 is 19.2. The van der Waals surface area contributed by atoms with Crippen molar-refractivity contribution in [2.24, 2.45) is 5.73 Å². The number of para-hydroxylation sites is 1. The van der Waals surface area contributed by atoms with Crippen molar-refractivity contribution in [2.75, 3.05) is 0 Å². The fraction of sp³-hybridized carbons (Fsp3) is 0.154. The van der Waals surface area contributed by atoms with E-state index in [1.54, 1.807) is 37.4 Å². The fourth-order valence-electron chi connectivity index (χ4n) is 1.52. The molecule has 0 aliphatic carbocycles. The second kappa shape index (κ2) is 4.93. The monoisotopic (exact) mass is 232 g/mol. The Morgan fingerprint density at radius 2 is 2.12 bits per heavy atom. The molecule has 0 aliphatic heterocycles. The van der Waals surface area contributed by atoms with Crippen molar-refractivity contribution in [3.8, 4) is 11.5 Å². The molecule has 4 heteroatoms. The van der Waals surface area contributed by atoms with Crippen LogP contribution in [0.4, 0.5) is 4.39 Å². The van der Waals surface area contributed by atoms with Gasteiger partial charge in [-0.05, 0) is 25.1 Å². The van der Waals surface area contributed by atoms with E-state index in [1.165, 1.54) is 6.07 Å². The minimum absolute atomic E-state index is 0.172. The Kier molecular flexibility index (Phi) is 3.35. The summed E-state index contributed by atoms with van der Waals surface area (Å²) in [6, 6.07) is 8.19. The molecule has 2 aromatic rings. The van der Waals surface area contributed by atoms with Crippen molar-refractivity contribution in [1.82, 2.24) is 4.98 Å². The van der Waals surface area contributed by atoms with Crippen LogP contribution in [-0.4, -0.2) is 4.98 Å². The highest BCUT2D eigenvalue weighted by Crippen LogP contribution is 2.29. The van der Waals surface area contributed by atoms with Gasteiger partial charge in [0, 0.05) is 18.3 Å². The van der Waals surface area contributed by atoms with Crippen LogP contribution in [0.25, 0.3) is 0 Å². The summed E-state index contributed by atoms with van der Waals surface area (Å²) in [5.41, 5.74) is 6.89. The van der Waals surface area contributed by atoms with Gasteiger partial charge in [0.15, 0.2) is 11.6 Å². The molecule has 0 atom stereocenters. The first-order chi connectivity index (χ1) is 8.22. The van der Waals surface area contributed by atoms with Gasteiger partial charge >= 0.3 is 0 Å². The minimum Gasteiger partial charge on any atom is -0.452 e. The Hall–Kier alpha value is -1.94. The summed E-state index contributed by atoms with van der Waals surface area (Å²) in [6.07, 6.45) is 1.66. The van der Waals surface area contributed by atoms with Gasteiger partial charge in [0.05, 0.1) is 5.69 Å². The molecule has 0 saturated heterocycles. The number of hydrogen-bond acceptors (Lipinski definition) is 3. The van der Waals surface area contributed by atoms with E-state index in [-0.39, 0.29) is 12.3 Å². The molecule has 0 unspecified atom stereocenters. The standard InChI is InChI=1S/C13H13FN2O/c1-9-12(6-3-7-16-9)17-13-10(8-15)4-2-5-11(13)14/h2-7H,8,15H2,1H3. The van der Waals surface area contributed by atoms with Crippen LogP contribution in [0.5, 0.6) is 11.5 Å². The lowest BCUT2D eigenvalue weighted by Crippen LogP contribution is -2.02. The molecule has 88 valence electrons. The Morgan fingerprint density at radius 1 is 1.29 bits per heavy atom. The van der Waals surface area contributed by atoms with Crippen LogP contribution in [0.2, 0.25) is 0 Å². The van der Waals surface area contributed by atoms with E-state index in [4.69, 9.17) is 10.5 Å². The quantitative estimate of drug-likeness (QED) is 0.885. The van der Waals surface area contributed by atoms with Gasteiger partial charge in [0.2, 0.25) is 0 Å². The zero-order chi connectivity index (χ0) is 12.3. The van der Waals surface area contributed by atoms with Crippen molar-refractivity contribution >= 4 is 0 Å². The summed E-state index contributed by atoms with van der Waals surface area (Å²) >= 11 is 0. The average molecular weight is 232 g/mol. The van der Waals surface area contributed by atoms with Gasteiger partial charge in [0.25, 0.3) is 0 Å². The highest BCUT2D eigenvalue weighted by Gasteiger charge is 2.11. The minimum atomic E-state index is -0.420. The van der Waals surface area contributed by atoms with E-state index in [1.807, 2.05) is 0 Å². The van der Waals surface area contributed by atoms with Crippen LogP contribution in [0.1, 0.15) is 11.3 Å². The van der Waals surface area contributed by atoms with Crippen LogP contribution in [-0.2, 0) is 6.54 Å². The zero-order valence-corrected chi connectivity index (χ0v) is 9.48. The van der Waals surface area contributed by atoms with Crippen molar-refractivity contribution in [3.05, 3.63) is 53.6 Å². The smallest absolute Gasteiger partial charge is 0.167 e. The molecule has 0 fully saturated rings.